The minimum atomic E-state index is -0.00204. The number of aryl methyl sites for hydroxylation is 1. The van der Waals surface area contributed by atoms with Crippen LogP contribution < -0.4 is 10.6 Å². The van der Waals surface area contributed by atoms with E-state index in [1.165, 1.54) is 32.0 Å². The number of ketones is 1. The SMILES string of the molecule is Cc1ccc2ncnc(NCC(=O)NC3CN(C4CCC(C5CC=CC(=O)C5)CC4)C3)c2c1. The summed E-state index contributed by atoms with van der Waals surface area (Å²) in [7, 11) is 0. The fourth-order valence-electron chi connectivity index (χ4n) is 5.74. The molecular weight excluding hydrogens is 414 g/mol. The number of anilines is 1. The molecule has 2 aromatic rings. The molecule has 1 saturated carbocycles. The van der Waals surface area contributed by atoms with E-state index in [0.29, 0.717) is 29.5 Å². The maximum atomic E-state index is 12.5. The molecule has 1 saturated heterocycles. The summed E-state index contributed by atoms with van der Waals surface area (Å²) in [4.78, 5) is 35.3. The van der Waals surface area contributed by atoms with E-state index in [9.17, 15) is 9.59 Å². The van der Waals surface area contributed by atoms with Crippen molar-refractivity contribution < 1.29 is 9.59 Å². The molecule has 0 bridgehead atoms. The standard InChI is InChI=1S/C26H33N5O2/c1-17-5-10-24-23(11-17)26(29-16-28-24)27-13-25(33)30-20-14-31(15-20)21-8-6-18(7-9-21)19-3-2-4-22(32)12-19/h2,4-5,10-11,16,18-21H,3,6-9,12-15H2,1H3,(H,30,33)(H,27,28,29). The Hall–Kier alpha value is -2.80. The number of carbonyl (C=O) groups is 2. The third kappa shape index (κ3) is 5.08. The van der Waals surface area contributed by atoms with Crippen LogP contribution >= 0.6 is 0 Å². The monoisotopic (exact) mass is 447 g/mol. The van der Waals surface area contributed by atoms with Gasteiger partial charge in [-0.05, 0) is 69.1 Å². The van der Waals surface area contributed by atoms with Crippen molar-refractivity contribution in [3.8, 4) is 0 Å². The second-order valence-corrected chi connectivity index (χ2v) is 9.95. The smallest absolute Gasteiger partial charge is 0.239 e. The van der Waals surface area contributed by atoms with Crippen LogP contribution in [0.3, 0.4) is 0 Å². The first kappa shape index (κ1) is 22.0. The predicted molar refractivity (Wildman–Crippen MR) is 129 cm³/mol. The maximum absolute atomic E-state index is 12.5. The minimum absolute atomic E-state index is 0.00204. The summed E-state index contributed by atoms with van der Waals surface area (Å²) >= 11 is 0. The zero-order valence-electron chi connectivity index (χ0n) is 19.3. The highest BCUT2D eigenvalue weighted by Gasteiger charge is 2.37. The van der Waals surface area contributed by atoms with Gasteiger partial charge in [0.2, 0.25) is 5.91 Å². The number of carbonyl (C=O) groups excluding carboxylic acids is 2. The molecule has 5 rings (SSSR count). The largest absolute Gasteiger partial charge is 0.360 e. The number of hydrogen-bond acceptors (Lipinski definition) is 6. The zero-order valence-corrected chi connectivity index (χ0v) is 19.3. The number of aromatic nitrogens is 2. The highest BCUT2D eigenvalue weighted by atomic mass is 16.2. The first-order valence-electron chi connectivity index (χ1n) is 12.2. The minimum Gasteiger partial charge on any atom is -0.360 e. The molecule has 7 heteroatoms. The van der Waals surface area contributed by atoms with Crippen LogP contribution in [0.2, 0.25) is 0 Å². The van der Waals surface area contributed by atoms with Gasteiger partial charge < -0.3 is 10.6 Å². The lowest BCUT2D eigenvalue weighted by Crippen LogP contribution is -2.63. The van der Waals surface area contributed by atoms with E-state index in [1.54, 1.807) is 6.08 Å². The molecular formula is C26H33N5O2. The van der Waals surface area contributed by atoms with Gasteiger partial charge in [0.1, 0.15) is 12.1 Å². The van der Waals surface area contributed by atoms with Crippen LogP contribution in [0.1, 0.15) is 44.1 Å². The molecule has 1 atom stereocenters. The highest BCUT2D eigenvalue weighted by Crippen LogP contribution is 2.38. The maximum Gasteiger partial charge on any atom is 0.239 e. The van der Waals surface area contributed by atoms with Gasteiger partial charge in [0.15, 0.2) is 5.78 Å². The Balaban J connectivity index is 1.04. The zero-order chi connectivity index (χ0) is 22.8. The molecule has 2 heterocycles. The number of nitrogens with one attached hydrogen (secondary N) is 2. The van der Waals surface area contributed by atoms with E-state index >= 15 is 0 Å². The molecule has 1 aromatic heterocycles. The molecule has 33 heavy (non-hydrogen) atoms. The predicted octanol–water partition coefficient (Wildman–Crippen LogP) is 3.24. The second-order valence-electron chi connectivity index (χ2n) is 9.95. The Labute approximate surface area is 195 Å². The van der Waals surface area contributed by atoms with Crippen molar-refractivity contribution in [1.82, 2.24) is 20.2 Å². The number of likely N-dealkylation sites (tertiary alicyclic amines) is 1. The second kappa shape index (κ2) is 9.59. The van der Waals surface area contributed by atoms with E-state index in [1.807, 2.05) is 25.1 Å². The van der Waals surface area contributed by atoms with Crippen LogP contribution in [-0.4, -0.2) is 58.3 Å². The number of benzene rings is 1. The van der Waals surface area contributed by atoms with Gasteiger partial charge in [0, 0.05) is 30.9 Å². The summed E-state index contributed by atoms with van der Waals surface area (Å²) in [6, 6.07) is 6.88. The summed E-state index contributed by atoms with van der Waals surface area (Å²) in [5, 5.41) is 7.26. The molecule has 1 aliphatic heterocycles. The fourth-order valence-corrected chi connectivity index (χ4v) is 5.74. The Morgan fingerprint density at radius 2 is 1.94 bits per heavy atom. The lowest BCUT2D eigenvalue weighted by Gasteiger charge is -2.47. The third-order valence-electron chi connectivity index (χ3n) is 7.61. The van der Waals surface area contributed by atoms with Crippen molar-refractivity contribution in [2.45, 2.75) is 57.5 Å². The summed E-state index contributed by atoms with van der Waals surface area (Å²) in [6.07, 6.45) is 12.0. The molecule has 1 aromatic carbocycles. The van der Waals surface area contributed by atoms with Gasteiger partial charge in [-0.15, -0.1) is 0 Å². The van der Waals surface area contributed by atoms with Crippen LogP contribution in [0.15, 0.2) is 36.7 Å². The summed E-state index contributed by atoms with van der Waals surface area (Å²) in [5.41, 5.74) is 2.01. The van der Waals surface area contributed by atoms with E-state index in [-0.39, 0.29) is 18.5 Å². The van der Waals surface area contributed by atoms with Gasteiger partial charge in [0.25, 0.3) is 0 Å². The topological polar surface area (TPSA) is 87.2 Å². The molecule has 7 nitrogen and oxygen atoms in total. The molecule has 3 aliphatic rings. The van der Waals surface area contributed by atoms with Gasteiger partial charge in [-0.1, -0.05) is 17.7 Å². The number of hydrogen-bond donors (Lipinski definition) is 2. The molecule has 2 fully saturated rings. The first-order valence-corrected chi connectivity index (χ1v) is 12.2. The fraction of sp³-hybridized carbons (Fsp3) is 0.538. The quantitative estimate of drug-likeness (QED) is 0.707. The van der Waals surface area contributed by atoms with Gasteiger partial charge in [0.05, 0.1) is 18.1 Å². The van der Waals surface area contributed by atoms with Crippen molar-refractivity contribution in [3.63, 3.8) is 0 Å². The van der Waals surface area contributed by atoms with Crippen LogP contribution in [0.5, 0.6) is 0 Å². The first-order chi connectivity index (χ1) is 16.0. The van der Waals surface area contributed by atoms with Crippen molar-refractivity contribution in [2.24, 2.45) is 11.8 Å². The molecule has 0 radical (unpaired) electrons. The third-order valence-corrected chi connectivity index (χ3v) is 7.61. The van der Waals surface area contributed by atoms with Crippen molar-refractivity contribution in [2.75, 3.05) is 25.0 Å². The highest BCUT2D eigenvalue weighted by molar-refractivity contribution is 5.91. The molecule has 0 spiro atoms. The summed E-state index contributed by atoms with van der Waals surface area (Å²) in [6.45, 7) is 4.10. The summed E-state index contributed by atoms with van der Waals surface area (Å²) in [5.74, 6) is 2.24. The summed E-state index contributed by atoms with van der Waals surface area (Å²) < 4.78 is 0. The Bertz CT molecular complexity index is 1050. The van der Waals surface area contributed by atoms with E-state index in [4.69, 9.17) is 0 Å². The van der Waals surface area contributed by atoms with Crippen LogP contribution in [-0.2, 0) is 9.59 Å². The number of nitrogens with zero attached hydrogens (tertiary/aromatic N) is 3. The van der Waals surface area contributed by atoms with Crippen LogP contribution in [0, 0.1) is 18.8 Å². The van der Waals surface area contributed by atoms with E-state index < -0.39 is 0 Å². The van der Waals surface area contributed by atoms with Crippen LogP contribution in [0.4, 0.5) is 5.82 Å². The Morgan fingerprint density at radius 1 is 1.12 bits per heavy atom. The molecule has 1 amide bonds. The van der Waals surface area contributed by atoms with E-state index in [0.717, 1.165) is 42.4 Å². The molecule has 174 valence electrons. The molecule has 1 unspecified atom stereocenters. The Kier molecular flexibility index (Phi) is 6.40. The number of rotatable bonds is 6. The van der Waals surface area contributed by atoms with Crippen LogP contribution in [0.25, 0.3) is 10.9 Å². The Morgan fingerprint density at radius 3 is 2.73 bits per heavy atom. The average molecular weight is 448 g/mol. The lowest BCUT2D eigenvalue weighted by molar-refractivity contribution is -0.121. The van der Waals surface area contributed by atoms with Gasteiger partial charge in [-0.3, -0.25) is 14.5 Å². The van der Waals surface area contributed by atoms with Crippen molar-refractivity contribution in [1.29, 1.82) is 0 Å². The van der Waals surface area contributed by atoms with Gasteiger partial charge >= 0.3 is 0 Å². The number of fused-ring (bicyclic) bond motifs is 1. The van der Waals surface area contributed by atoms with Crippen molar-refractivity contribution >= 4 is 28.4 Å². The molecule has 2 N–H and O–H groups in total. The number of allylic oxidation sites excluding steroid dienone is 2. The van der Waals surface area contributed by atoms with Gasteiger partial charge in [-0.2, -0.15) is 0 Å². The van der Waals surface area contributed by atoms with Gasteiger partial charge in [-0.25, -0.2) is 9.97 Å². The normalized spacial score (nSPS) is 26.2. The van der Waals surface area contributed by atoms with E-state index in [2.05, 4.69) is 31.6 Å². The lowest BCUT2D eigenvalue weighted by atomic mass is 9.73. The molecule has 2 aliphatic carbocycles. The van der Waals surface area contributed by atoms with Crippen molar-refractivity contribution in [3.05, 3.63) is 42.2 Å². The number of amides is 1. The average Bonchev–Trinajstić information content (AvgIpc) is 2.80.